The summed E-state index contributed by atoms with van der Waals surface area (Å²) >= 11 is 0. The molecule has 1 rings (SSSR count). The van der Waals surface area contributed by atoms with E-state index in [4.69, 9.17) is 4.74 Å². The molecule has 0 N–H and O–H groups in total. The maximum atomic E-state index is 5.07. The van der Waals surface area contributed by atoms with Crippen LogP contribution in [0.1, 0.15) is 13.8 Å². The molecule has 0 spiro atoms. The fourth-order valence-electron chi connectivity index (χ4n) is 0.880. The average Bonchev–Trinajstić information content (AvgIpc) is 2.13. The van der Waals surface area contributed by atoms with Crippen molar-refractivity contribution < 1.29 is 4.74 Å². The summed E-state index contributed by atoms with van der Waals surface area (Å²) in [6, 6.07) is 0. The lowest BCUT2D eigenvalue weighted by atomic mass is 10.2. The molecular weight excluding hydrogens is 140 g/mol. The van der Waals surface area contributed by atoms with Crippen LogP contribution in [0.4, 0.5) is 0 Å². The van der Waals surface area contributed by atoms with Crippen LogP contribution >= 0.6 is 0 Å². The Morgan fingerprint density at radius 2 is 2.27 bits per heavy atom. The van der Waals surface area contributed by atoms with Gasteiger partial charge in [-0.05, 0) is 13.8 Å². The molecule has 0 aromatic rings. The second-order valence-corrected chi connectivity index (χ2v) is 2.51. The molecule has 1 aliphatic heterocycles. The molecule has 0 aromatic carbocycles. The Labute approximate surface area is 66.5 Å². The average molecular weight is 152 g/mol. The zero-order valence-corrected chi connectivity index (χ0v) is 7.03. The van der Waals surface area contributed by atoms with Crippen molar-refractivity contribution in [3.63, 3.8) is 0 Å². The number of hydrogen-bond acceptors (Lipinski definition) is 3. The lowest BCUT2D eigenvalue weighted by molar-refractivity contribution is 0.384. The van der Waals surface area contributed by atoms with Gasteiger partial charge in [0.2, 0.25) is 0 Å². The van der Waals surface area contributed by atoms with Crippen molar-refractivity contribution in [3.05, 3.63) is 11.9 Å². The van der Waals surface area contributed by atoms with Gasteiger partial charge >= 0.3 is 0 Å². The van der Waals surface area contributed by atoms with E-state index in [-0.39, 0.29) is 5.92 Å². The molecule has 0 saturated carbocycles. The number of aliphatic imine (C=N–C) groups is 2. The molecule has 0 saturated heterocycles. The van der Waals surface area contributed by atoms with E-state index >= 15 is 0 Å². The molecular formula is C8H12N2O. The second-order valence-electron chi connectivity index (χ2n) is 2.51. The standard InChI is InChI=1S/C8H12N2O/c1-6-4-9-5-7(2)10-8(6)11-3/h4-6H,1-3H3. The fourth-order valence-corrected chi connectivity index (χ4v) is 0.880. The van der Waals surface area contributed by atoms with Crippen molar-refractivity contribution in [2.24, 2.45) is 15.9 Å². The summed E-state index contributed by atoms with van der Waals surface area (Å²) in [5.74, 6) is 0.897. The van der Waals surface area contributed by atoms with E-state index < -0.39 is 0 Å². The van der Waals surface area contributed by atoms with Crippen molar-refractivity contribution in [2.45, 2.75) is 13.8 Å². The minimum Gasteiger partial charge on any atom is -0.484 e. The number of nitrogens with zero attached hydrogens (tertiary/aromatic N) is 2. The van der Waals surface area contributed by atoms with E-state index in [0.717, 1.165) is 11.6 Å². The molecule has 11 heavy (non-hydrogen) atoms. The van der Waals surface area contributed by atoms with Gasteiger partial charge in [-0.15, -0.1) is 0 Å². The van der Waals surface area contributed by atoms with Crippen LogP contribution in [-0.2, 0) is 4.74 Å². The SMILES string of the molecule is COC1=NC(C)=CN=CC1C. The molecule has 0 aliphatic carbocycles. The van der Waals surface area contributed by atoms with Crippen LogP contribution in [0, 0.1) is 5.92 Å². The van der Waals surface area contributed by atoms with Gasteiger partial charge < -0.3 is 4.74 Å². The Hall–Kier alpha value is -1.12. The second kappa shape index (κ2) is 3.32. The number of ether oxygens (including phenoxy) is 1. The van der Waals surface area contributed by atoms with Crippen LogP contribution in [0.2, 0.25) is 0 Å². The molecule has 0 fully saturated rings. The van der Waals surface area contributed by atoms with Crippen LogP contribution in [-0.4, -0.2) is 19.2 Å². The van der Waals surface area contributed by atoms with Crippen molar-refractivity contribution >= 4 is 12.1 Å². The quantitative estimate of drug-likeness (QED) is 0.519. The van der Waals surface area contributed by atoms with Crippen LogP contribution in [0.3, 0.4) is 0 Å². The third kappa shape index (κ3) is 1.90. The minimum absolute atomic E-state index is 0.175. The number of allylic oxidation sites excluding steroid dienone is 1. The summed E-state index contributed by atoms with van der Waals surface area (Å²) in [6.07, 6.45) is 3.54. The number of rotatable bonds is 0. The molecule has 60 valence electrons. The molecule has 3 nitrogen and oxygen atoms in total. The topological polar surface area (TPSA) is 34.0 Å². The van der Waals surface area contributed by atoms with Crippen molar-refractivity contribution in [2.75, 3.05) is 7.11 Å². The van der Waals surface area contributed by atoms with Gasteiger partial charge in [0.15, 0.2) is 5.90 Å². The third-order valence-corrected chi connectivity index (χ3v) is 1.46. The van der Waals surface area contributed by atoms with Crippen molar-refractivity contribution in [1.82, 2.24) is 0 Å². The summed E-state index contributed by atoms with van der Waals surface area (Å²) in [6.45, 7) is 3.90. The van der Waals surface area contributed by atoms with Gasteiger partial charge in [-0.3, -0.25) is 4.99 Å². The van der Waals surface area contributed by atoms with E-state index in [1.165, 1.54) is 0 Å². The van der Waals surface area contributed by atoms with Gasteiger partial charge in [-0.2, -0.15) is 0 Å². The summed E-state index contributed by atoms with van der Waals surface area (Å²) in [7, 11) is 1.63. The van der Waals surface area contributed by atoms with E-state index in [1.54, 1.807) is 13.3 Å². The highest BCUT2D eigenvalue weighted by molar-refractivity contribution is 5.94. The predicted molar refractivity (Wildman–Crippen MR) is 45.9 cm³/mol. The van der Waals surface area contributed by atoms with Crippen LogP contribution in [0.25, 0.3) is 0 Å². The largest absolute Gasteiger partial charge is 0.484 e. The normalized spacial score (nSPS) is 23.7. The zero-order chi connectivity index (χ0) is 8.27. The van der Waals surface area contributed by atoms with Gasteiger partial charge in [0.25, 0.3) is 0 Å². The molecule has 0 aromatic heterocycles. The first-order valence-electron chi connectivity index (χ1n) is 3.56. The molecule has 0 radical (unpaired) electrons. The summed E-state index contributed by atoms with van der Waals surface area (Å²) in [5, 5.41) is 0. The zero-order valence-electron chi connectivity index (χ0n) is 7.03. The Balaban J connectivity index is 2.89. The van der Waals surface area contributed by atoms with Gasteiger partial charge in [0.1, 0.15) is 0 Å². The van der Waals surface area contributed by atoms with Crippen molar-refractivity contribution in [1.29, 1.82) is 0 Å². The highest BCUT2D eigenvalue weighted by atomic mass is 16.5. The summed E-state index contributed by atoms with van der Waals surface area (Å²) < 4.78 is 5.07. The molecule has 1 atom stereocenters. The van der Waals surface area contributed by atoms with E-state index in [0.29, 0.717) is 0 Å². The third-order valence-electron chi connectivity index (χ3n) is 1.46. The first-order valence-corrected chi connectivity index (χ1v) is 3.56. The van der Waals surface area contributed by atoms with Crippen LogP contribution in [0.15, 0.2) is 21.9 Å². The number of hydrogen-bond donors (Lipinski definition) is 0. The van der Waals surface area contributed by atoms with Crippen LogP contribution < -0.4 is 0 Å². The van der Waals surface area contributed by atoms with E-state index in [2.05, 4.69) is 9.98 Å². The highest BCUT2D eigenvalue weighted by Gasteiger charge is 2.09. The van der Waals surface area contributed by atoms with Crippen molar-refractivity contribution in [3.8, 4) is 0 Å². The molecule has 3 heteroatoms. The van der Waals surface area contributed by atoms with Crippen LogP contribution in [0.5, 0.6) is 0 Å². The summed E-state index contributed by atoms with van der Waals surface area (Å²) in [5.41, 5.74) is 0.877. The minimum atomic E-state index is 0.175. The van der Waals surface area contributed by atoms with E-state index in [9.17, 15) is 0 Å². The first kappa shape index (κ1) is 7.98. The maximum Gasteiger partial charge on any atom is 0.196 e. The molecule has 1 heterocycles. The monoisotopic (exact) mass is 152 g/mol. The Morgan fingerprint density at radius 3 is 2.91 bits per heavy atom. The lowest BCUT2D eigenvalue weighted by Crippen LogP contribution is -2.13. The maximum absolute atomic E-state index is 5.07. The molecule has 0 amide bonds. The molecule has 1 aliphatic rings. The first-order chi connectivity index (χ1) is 5.24. The Kier molecular flexibility index (Phi) is 2.41. The predicted octanol–water partition coefficient (Wildman–Crippen LogP) is 1.61. The Morgan fingerprint density at radius 1 is 1.55 bits per heavy atom. The Bertz CT molecular complexity index is 228. The highest BCUT2D eigenvalue weighted by Crippen LogP contribution is 2.06. The molecule has 1 unspecified atom stereocenters. The van der Waals surface area contributed by atoms with Gasteiger partial charge in [-0.25, -0.2) is 4.99 Å². The summed E-state index contributed by atoms with van der Waals surface area (Å²) in [4.78, 5) is 8.26. The van der Waals surface area contributed by atoms with Gasteiger partial charge in [-0.1, -0.05) is 0 Å². The van der Waals surface area contributed by atoms with Gasteiger partial charge in [0, 0.05) is 12.4 Å². The smallest absolute Gasteiger partial charge is 0.196 e. The number of methoxy groups -OCH3 is 1. The van der Waals surface area contributed by atoms with Gasteiger partial charge in [0.05, 0.1) is 18.7 Å². The lowest BCUT2D eigenvalue weighted by Gasteiger charge is -2.06. The fraction of sp³-hybridized carbons (Fsp3) is 0.500. The van der Waals surface area contributed by atoms with E-state index in [1.807, 2.05) is 20.1 Å². The molecule has 0 bridgehead atoms.